The largest absolute Gasteiger partial charge is 0.490 e. The van der Waals surface area contributed by atoms with Gasteiger partial charge in [0.2, 0.25) is 0 Å². The van der Waals surface area contributed by atoms with Gasteiger partial charge in [0.05, 0.1) is 22.1 Å². The predicted molar refractivity (Wildman–Crippen MR) is 122 cm³/mol. The average Bonchev–Trinajstić information content (AvgIpc) is 2.75. The molecule has 4 rings (SSSR count). The number of amides is 1. The molecule has 33 heavy (non-hydrogen) atoms. The highest BCUT2D eigenvalue weighted by Gasteiger charge is 2.28. The van der Waals surface area contributed by atoms with E-state index in [-0.39, 0.29) is 33.8 Å². The smallest absolute Gasteiger partial charge is 0.257 e. The van der Waals surface area contributed by atoms with Crippen LogP contribution < -0.4 is 9.64 Å². The lowest BCUT2D eigenvalue weighted by atomic mass is 9.96. The number of halogens is 1. The SMILES string of the molecule is CC(=O)c1ccc(N2CCN(C(=O)c3cc(S(C)(=O)=O)ccc3OC3CCC3)CC2)cc1F. The Morgan fingerprint density at radius 1 is 1.00 bits per heavy atom. The van der Waals surface area contributed by atoms with Crippen LogP contribution in [0.1, 0.15) is 46.9 Å². The van der Waals surface area contributed by atoms with Gasteiger partial charge in [-0.25, -0.2) is 12.8 Å². The number of piperazine rings is 1. The highest BCUT2D eigenvalue weighted by atomic mass is 32.2. The molecular weight excluding hydrogens is 447 g/mol. The van der Waals surface area contributed by atoms with E-state index in [9.17, 15) is 22.4 Å². The fourth-order valence-electron chi connectivity index (χ4n) is 4.00. The van der Waals surface area contributed by atoms with Crippen LogP contribution in [-0.4, -0.2) is 63.5 Å². The maximum absolute atomic E-state index is 14.2. The van der Waals surface area contributed by atoms with E-state index in [4.69, 9.17) is 4.74 Å². The summed E-state index contributed by atoms with van der Waals surface area (Å²) in [7, 11) is -3.48. The molecule has 0 spiro atoms. The molecule has 0 bridgehead atoms. The molecule has 0 unspecified atom stereocenters. The minimum atomic E-state index is -3.48. The minimum absolute atomic E-state index is 0.0466. The van der Waals surface area contributed by atoms with Crippen molar-refractivity contribution in [2.24, 2.45) is 0 Å². The molecule has 1 aliphatic heterocycles. The van der Waals surface area contributed by atoms with E-state index in [1.165, 1.54) is 31.2 Å². The fraction of sp³-hybridized carbons (Fsp3) is 0.417. The van der Waals surface area contributed by atoms with Gasteiger partial charge in [-0.3, -0.25) is 9.59 Å². The van der Waals surface area contributed by atoms with Crippen LogP contribution >= 0.6 is 0 Å². The summed E-state index contributed by atoms with van der Waals surface area (Å²) in [5.41, 5.74) is 0.949. The lowest BCUT2D eigenvalue weighted by Crippen LogP contribution is -2.49. The van der Waals surface area contributed by atoms with E-state index in [1.807, 2.05) is 4.90 Å². The Labute approximate surface area is 193 Å². The van der Waals surface area contributed by atoms with Crippen molar-refractivity contribution in [1.82, 2.24) is 4.90 Å². The van der Waals surface area contributed by atoms with Crippen molar-refractivity contribution in [2.45, 2.75) is 37.2 Å². The molecular formula is C24H27FN2O5S. The van der Waals surface area contributed by atoms with E-state index in [0.29, 0.717) is 37.6 Å². The van der Waals surface area contributed by atoms with E-state index < -0.39 is 15.7 Å². The number of benzene rings is 2. The molecule has 0 N–H and O–H groups in total. The highest BCUT2D eigenvalue weighted by molar-refractivity contribution is 7.90. The Morgan fingerprint density at radius 2 is 1.70 bits per heavy atom. The second kappa shape index (κ2) is 9.13. The quantitative estimate of drug-likeness (QED) is 0.598. The number of nitrogens with zero attached hydrogens (tertiary/aromatic N) is 2. The van der Waals surface area contributed by atoms with Crippen molar-refractivity contribution < 1.29 is 27.1 Å². The Kier molecular flexibility index (Phi) is 6.43. The number of rotatable bonds is 6. The lowest BCUT2D eigenvalue weighted by molar-refractivity contribution is 0.0728. The van der Waals surface area contributed by atoms with E-state index in [1.54, 1.807) is 17.0 Å². The zero-order valence-corrected chi connectivity index (χ0v) is 19.5. The molecule has 1 saturated carbocycles. The van der Waals surface area contributed by atoms with E-state index in [0.717, 1.165) is 25.5 Å². The van der Waals surface area contributed by atoms with Crippen LogP contribution in [0.3, 0.4) is 0 Å². The van der Waals surface area contributed by atoms with Gasteiger partial charge in [0.1, 0.15) is 11.6 Å². The molecule has 2 aromatic carbocycles. The maximum atomic E-state index is 14.2. The second-order valence-electron chi connectivity index (χ2n) is 8.60. The maximum Gasteiger partial charge on any atom is 0.257 e. The number of sulfone groups is 1. The van der Waals surface area contributed by atoms with Gasteiger partial charge in [0.15, 0.2) is 15.6 Å². The summed E-state index contributed by atoms with van der Waals surface area (Å²) < 4.78 is 44.3. The van der Waals surface area contributed by atoms with Gasteiger partial charge in [-0.15, -0.1) is 0 Å². The number of ketones is 1. The molecule has 2 fully saturated rings. The first kappa shape index (κ1) is 23.2. The topological polar surface area (TPSA) is 84.0 Å². The van der Waals surface area contributed by atoms with Crippen LogP contribution in [-0.2, 0) is 9.84 Å². The van der Waals surface area contributed by atoms with Crippen LogP contribution in [0.2, 0.25) is 0 Å². The van der Waals surface area contributed by atoms with Crippen molar-refractivity contribution in [3.63, 3.8) is 0 Å². The molecule has 1 heterocycles. The van der Waals surface area contributed by atoms with Gasteiger partial charge in [-0.1, -0.05) is 0 Å². The number of hydrogen-bond acceptors (Lipinski definition) is 6. The Bertz CT molecular complexity index is 1190. The van der Waals surface area contributed by atoms with Crippen LogP contribution in [0.5, 0.6) is 5.75 Å². The zero-order chi connectivity index (χ0) is 23.8. The standard InChI is InChI=1S/C24H27FN2O5S/c1-16(28)20-8-6-17(14-22(20)25)26-10-12-27(13-11-26)24(29)21-15-19(33(2,30)31)7-9-23(21)32-18-4-3-5-18/h6-9,14-15,18H,3-5,10-13H2,1-2H3. The summed E-state index contributed by atoms with van der Waals surface area (Å²) in [5.74, 6) is -0.770. The molecule has 2 aliphatic rings. The third-order valence-corrected chi connectivity index (χ3v) is 7.33. The summed E-state index contributed by atoms with van der Waals surface area (Å²) in [6, 6.07) is 8.96. The summed E-state index contributed by atoms with van der Waals surface area (Å²) in [6.07, 6.45) is 4.06. The molecule has 2 aromatic rings. The Balaban J connectivity index is 1.51. The van der Waals surface area contributed by atoms with Crippen molar-refractivity contribution >= 4 is 27.2 Å². The van der Waals surface area contributed by atoms with Crippen molar-refractivity contribution in [1.29, 1.82) is 0 Å². The predicted octanol–water partition coefficient (Wildman–Crippen LogP) is 3.33. The summed E-state index contributed by atoms with van der Waals surface area (Å²) in [5, 5.41) is 0. The molecule has 1 aliphatic carbocycles. The summed E-state index contributed by atoms with van der Waals surface area (Å²) in [4.78, 5) is 28.5. The number of carbonyl (C=O) groups excluding carboxylic acids is 2. The van der Waals surface area contributed by atoms with E-state index >= 15 is 0 Å². The lowest BCUT2D eigenvalue weighted by Gasteiger charge is -2.36. The molecule has 9 heteroatoms. The van der Waals surface area contributed by atoms with Crippen molar-refractivity contribution in [3.8, 4) is 5.75 Å². The van der Waals surface area contributed by atoms with Gasteiger partial charge in [0.25, 0.3) is 5.91 Å². The Hall–Kier alpha value is -2.94. The number of hydrogen-bond donors (Lipinski definition) is 0. The Morgan fingerprint density at radius 3 is 2.24 bits per heavy atom. The summed E-state index contributed by atoms with van der Waals surface area (Å²) >= 11 is 0. The van der Waals surface area contributed by atoms with Gasteiger partial charge in [0, 0.05) is 38.1 Å². The molecule has 1 saturated heterocycles. The fourth-order valence-corrected chi connectivity index (χ4v) is 4.65. The van der Waals surface area contributed by atoms with Crippen LogP contribution in [0.4, 0.5) is 10.1 Å². The van der Waals surface area contributed by atoms with E-state index in [2.05, 4.69) is 0 Å². The molecule has 0 radical (unpaired) electrons. The third kappa shape index (κ3) is 5.03. The van der Waals surface area contributed by atoms with Crippen molar-refractivity contribution in [2.75, 3.05) is 37.3 Å². The number of Topliss-reactive ketones (excluding diaryl/α,β-unsaturated/α-hetero) is 1. The normalized spacial score (nSPS) is 16.9. The number of anilines is 1. The first-order chi connectivity index (χ1) is 15.6. The second-order valence-corrected chi connectivity index (χ2v) is 10.6. The molecule has 7 nitrogen and oxygen atoms in total. The minimum Gasteiger partial charge on any atom is -0.490 e. The molecule has 176 valence electrons. The van der Waals surface area contributed by atoms with Crippen LogP contribution in [0.15, 0.2) is 41.3 Å². The first-order valence-electron chi connectivity index (χ1n) is 11.0. The van der Waals surface area contributed by atoms with Crippen LogP contribution in [0.25, 0.3) is 0 Å². The highest BCUT2D eigenvalue weighted by Crippen LogP contribution is 2.31. The van der Waals surface area contributed by atoms with Crippen LogP contribution in [0, 0.1) is 5.82 Å². The number of carbonyl (C=O) groups is 2. The molecule has 1 amide bonds. The third-order valence-electron chi connectivity index (χ3n) is 6.22. The monoisotopic (exact) mass is 474 g/mol. The van der Waals surface area contributed by atoms with Gasteiger partial charge in [-0.05, 0) is 62.6 Å². The zero-order valence-electron chi connectivity index (χ0n) is 18.7. The summed E-state index contributed by atoms with van der Waals surface area (Å²) in [6.45, 7) is 3.07. The van der Waals surface area contributed by atoms with Gasteiger partial charge in [-0.2, -0.15) is 0 Å². The average molecular weight is 475 g/mol. The van der Waals surface area contributed by atoms with Gasteiger partial charge < -0.3 is 14.5 Å². The van der Waals surface area contributed by atoms with Gasteiger partial charge >= 0.3 is 0 Å². The first-order valence-corrected chi connectivity index (χ1v) is 12.9. The number of ether oxygens (including phenoxy) is 1. The molecule has 0 aromatic heterocycles. The van der Waals surface area contributed by atoms with Crippen molar-refractivity contribution in [3.05, 3.63) is 53.3 Å². The molecule has 0 atom stereocenters.